The van der Waals surface area contributed by atoms with Gasteiger partial charge >= 0.3 is 0 Å². The molecule has 0 aromatic heterocycles. The summed E-state index contributed by atoms with van der Waals surface area (Å²) in [5, 5.41) is 6.98. The van der Waals surface area contributed by atoms with Crippen molar-refractivity contribution in [2.45, 2.75) is 11.9 Å². The lowest BCUT2D eigenvalue weighted by molar-refractivity contribution is 0.262. The van der Waals surface area contributed by atoms with Crippen LogP contribution in [0.15, 0.2) is 18.2 Å². The number of rotatable bonds is 4. The molecular weight excluding hydrogens is 313 g/mol. The highest BCUT2D eigenvalue weighted by Gasteiger charge is 2.31. The van der Waals surface area contributed by atoms with Crippen molar-refractivity contribution in [3.05, 3.63) is 35.1 Å². The molecule has 1 heterocycles. The lowest BCUT2D eigenvalue weighted by Gasteiger charge is -2.34. The molecule has 0 aliphatic carbocycles. The van der Waals surface area contributed by atoms with Crippen LogP contribution in [-0.2, 0) is 16.4 Å². The largest absolute Gasteiger partial charge is 0.384 e. The quantitative estimate of drug-likeness (QED) is 0.635. The van der Waals surface area contributed by atoms with Crippen LogP contribution in [0.4, 0.5) is 4.39 Å². The van der Waals surface area contributed by atoms with Crippen molar-refractivity contribution in [3.8, 4) is 0 Å². The van der Waals surface area contributed by atoms with Gasteiger partial charge in [-0.3, -0.25) is 10.3 Å². The maximum Gasteiger partial charge on any atom is 0.164 e. The first-order valence-corrected chi connectivity index (χ1v) is 9.53. The Kier molecular flexibility index (Phi) is 4.90. The molecule has 3 N–H and O–H groups in total. The van der Waals surface area contributed by atoms with Gasteiger partial charge < -0.3 is 5.73 Å². The lowest BCUT2D eigenvalue weighted by Crippen LogP contribution is -2.46. The Balaban J connectivity index is 2.30. The third kappa shape index (κ3) is 3.96. The van der Waals surface area contributed by atoms with Gasteiger partial charge in [-0.05, 0) is 17.7 Å². The Labute approximate surface area is 128 Å². The topological polar surface area (TPSA) is 87.2 Å². The fourth-order valence-electron chi connectivity index (χ4n) is 2.35. The first-order valence-electron chi connectivity index (χ1n) is 6.42. The minimum Gasteiger partial charge on any atom is -0.384 e. The van der Waals surface area contributed by atoms with Gasteiger partial charge in [0.05, 0.1) is 0 Å². The molecule has 1 aromatic rings. The number of sulfone groups is 1. The van der Waals surface area contributed by atoms with Crippen LogP contribution in [0, 0.1) is 11.2 Å². The molecule has 116 valence electrons. The van der Waals surface area contributed by atoms with Crippen molar-refractivity contribution in [3.63, 3.8) is 0 Å². The van der Waals surface area contributed by atoms with Gasteiger partial charge in [0.1, 0.15) is 17.0 Å². The summed E-state index contributed by atoms with van der Waals surface area (Å²) < 4.78 is 37.0. The molecule has 1 aliphatic heterocycles. The molecule has 1 saturated heterocycles. The van der Waals surface area contributed by atoms with E-state index >= 15 is 0 Å². The molecule has 0 spiro atoms. The van der Waals surface area contributed by atoms with Crippen molar-refractivity contribution in [1.82, 2.24) is 4.90 Å². The molecule has 0 bridgehead atoms. The van der Waals surface area contributed by atoms with E-state index in [9.17, 15) is 12.8 Å². The second-order valence-electron chi connectivity index (χ2n) is 5.04. The van der Waals surface area contributed by atoms with E-state index in [1.807, 2.05) is 4.90 Å². The van der Waals surface area contributed by atoms with Crippen molar-refractivity contribution < 1.29 is 12.8 Å². The minimum atomic E-state index is -3.19. The van der Waals surface area contributed by atoms with Gasteiger partial charge in [0.25, 0.3) is 0 Å². The van der Waals surface area contributed by atoms with Gasteiger partial charge in [-0.2, -0.15) is 11.8 Å². The van der Waals surface area contributed by atoms with E-state index in [1.165, 1.54) is 18.4 Å². The Hall–Kier alpha value is -1.12. The molecule has 2 rings (SSSR count). The number of nitrogens with zero attached hydrogens (tertiary/aromatic N) is 1. The number of thioether (sulfide) groups is 1. The fourth-order valence-corrected chi connectivity index (χ4v) is 5.29. The number of benzene rings is 1. The van der Waals surface area contributed by atoms with E-state index in [2.05, 4.69) is 0 Å². The van der Waals surface area contributed by atoms with E-state index in [-0.39, 0.29) is 5.84 Å². The molecule has 1 atom stereocenters. The van der Waals surface area contributed by atoms with E-state index in [0.717, 1.165) is 5.75 Å². The summed E-state index contributed by atoms with van der Waals surface area (Å²) in [4.78, 5) is 1.85. The SMILES string of the molecule is CS(=O)(=O)C1CSCCN1Cc1ccc(F)cc1C(=N)N. The van der Waals surface area contributed by atoms with Crippen LogP contribution in [0.3, 0.4) is 0 Å². The Morgan fingerprint density at radius 2 is 2.29 bits per heavy atom. The normalized spacial score (nSPS) is 20.4. The minimum absolute atomic E-state index is 0.216. The number of hydrogen-bond donors (Lipinski definition) is 2. The van der Waals surface area contributed by atoms with Gasteiger partial charge in [-0.1, -0.05) is 6.07 Å². The number of nitrogens with one attached hydrogen (secondary N) is 1. The highest BCUT2D eigenvalue weighted by Crippen LogP contribution is 2.23. The molecule has 5 nitrogen and oxygen atoms in total. The predicted molar refractivity (Wildman–Crippen MR) is 83.8 cm³/mol. The summed E-state index contributed by atoms with van der Waals surface area (Å²) in [5.41, 5.74) is 6.48. The fraction of sp³-hybridized carbons (Fsp3) is 0.462. The summed E-state index contributed by atoms with van der Waals surface area (Å²) in [5.74, 6) is 0.697. The van der Waals surface area contributed by atoms with E-state index in [0.29, 0.717) is 30.0 Å². The first-order chi connectivity index (χ1) is 9.79. The van der Waals surface area contributed by atoms with Crippen LogP contribution in [0.2, 0.25) is 0 Å². The molecule has 21 heavy (non-hydrogen) atoms. The van der Waals surface area contributed by atoms with Gasteiger partial charge in [-0.15, -0.1) is 0 Å². The van der Waals surface area contributed by atoms with Gasteiger partial charge in [0, 0.05) is 36.4 Å². The Bertz CT molecular complexity index is 649. The monoisotopic (exact) mass is 331 g/mol. The summed E-state index contributed by atoms with van der Waals surface area (Å²) >= 11 is 1.61. The van der Waals surface area contributed by atoms with Crippen LogP contribution in [0.1, 0.15) is 11.1 Å². The smallest absolute Gasteiger partial charge is 0.164 e. The Morgan fingerprint density at radius 3 is 2.90 bits per heavy atom. The van der Waals surface area contributed by atoms with Crippen LogP contribution >= 0.6 is 11.8 Å². The van der Waals surface area contributed by atoms with E-state index in [4.69, 9.17) is 11.1 Å². The van der Waals surface area contributed by atoms with E-state index in [1.54, 1.807) is 17.8 Å². The molecular formula is C13H18FN3O2S2. The van der Waals surface area contributed by atoms with Gasteiger partial charge in [-0.25, -0.2) is 12.8 Å². The second kappa shape index (κ2) is 6.33. The molecule has 0 radical (unpaired) electrons. The Morgan fingerprint density at radius 1 is 1.57 bits per heavy atom. The summed E-state index contributed by atoms with van der Waals surface area (Å²) in [6, 6.07) is 4.08. The zero-order valence-electron chi connectivity index (χ0n) is 11.7. The van der Waals surface area contributed by atoms with Gasteiger partial charge in [0.2, 0.25) is 0 Å². The van der Waals surface area contributed by atoms with Crippen LogP contribution in [0.25, 0.3) is 0 Å². The number of nitrogens with two attached hydrogens (primary N) is 1. The molecule has 8 heteroatoms. The van der Waals surface area contributed by atoms with Crippen molar-refractivity contribution in [2.24, 2.45) is 5.73 Å². The standard InChI is InChI=1S/C13H18FN3O2S2/c1-21(18,19)12-8-20-5-4-17(12)7-9-2-3-10(14)6-11(9)13(15)16/h2-3,6,12H,4-5,7-8H2,1H3,(H3,15,16). The molecule has 0 saturated carbocycles. The third-order valence-corrected chi connectivity index (χ3v) is 6.11. The molecule has 1 aliphatic rings. The van der Waals surface area contributed by atoms with Crippen molar-refractivity contribution in [2.75, 3.05) is 24.3 Å². The summed E-state index contributed by atoms with van der Waals surface area (Å²) in [7, 11) is -3.19. The number of halogens is 1. The summed E-state index contributed by atoms with van der Waals surface area (Å²) in [6.07, 6.45) is 1.23. The number of hydrogen-bond acceptors (Lipinski definition) is 5. The van der Waals surface area contributed by atoms with E-state index < -0.39 is 21.0 Å². The second-order valence-corrected chi connectivity index (χ2v) is 8.40. The highest BCUT2D eigenvalue weighted by molar-refractivity contribution is 8.00. The predicted octanol–water partition coefficient (Wildman–Crippen LogP) is 1.03. The van der Waals surface area contributed by atoms with Crippen molar-refractivity contribution in [1.29, 1.82) is 5.41 Å². The average Bonchev–Trinajstić information content (AvgIpc) is 2.40. The number of amidine groups is 1. The maximum absolute atomic E-state index is 13.3. The zero-order chi connectivity index (χ0) is 15.6. The van der Waals surface area contributed by atoms with Crippen LogP contribution < -0.4 is 5.73 Å². The van der Waals surface area contributed by atoms with Gasteiger partial charge in [0.15, 0.2) is 9.84 Å². The zero-order valence-corrected chi connectivity index (χ0v) is 13.3. The maximum atomic E-state index is 13.3. The molecule has 1 aromatic carbocycles. The molecule has 1 fully saturated rings. The average molecular weight is 331 g/mol. The molecule has 0 amide bonds. The third-order valence-electron chi connectivity index (χ3n) is 3.42. The first kappa shape index (κ1) is 16.3. The summed E-state index contributed by atoms with van der Waals surface area (Å²) in [6.45, 7) is 0.977. The highest BCUT2D eigenvalue weighted by atomic mass is 32.2. The lowest BCUT2D eigenvalue weighted by atomic mass is 10.1. The molecule has 1 unspecified atom stereocenters. The number of nitrogen functional groups attached to an aromatic ring is 1. The van der Waals surface area contributed by atoms with Crippen molar-refractivity contribution >= 4 is 27.4 Å². The van der Waals surface area contributed by atoms with Crippen LogP contribution in [-0.4, -0.2) is 48.8 Å². The van der Waals surface area contributed by atoms with Crippen LogP contribution in [0.5, 0.6) is 0 Å².